The van der Waals surface area contributed by atoms with E-state index in [0.717, 1.165) is 5.56 Å². The van der Waals surface area contributed by atoms with E-state index in [4.69, 9.17) is 23.2 Å². The summed E-state index contributed by atoms with van der Waals surface area (Å²) in [4.78, 5) is 10.7. The number of rotatable bonds is 4. The Labute approximate surface area is 126 Å². The number of halogens is 3. The molecule has 0 aliphatic rings. The zero-order valence-electron chi connectivity index (χ0n) is 10.7. The largest absolute Gasteiger partial charge is 0.328 e. The Morgan fingerprint density at radius 2 is 1.90 bits per heavy atom. The molecule has 1 unspecified atom stereocenters. The molecule has 1 amide bonds. The van der Waals surface area contributed by atoms with E-state index in [1.165, 1.54) is 18.2 Å². The van der Waals surface area contributed by atoms with Crippen molar-refractivity contribution in [3.63, 3.8) is 0 Å². The molecular weight excluding hydrogens is 300 g/mol. The fourth-order valence-electron chi connectivity index (χ4n) is 2.11. The molecule has 5 heteroatoms. The van der Waals surface area contributed by atoms with E-state index < -0.39 is 0 Å². The Morgan fingerprint density at radius 3 is 2.60 bits per heavy atom. The van der Waals surface area contributed by atoms with Gasteiger partial charge in [-0.25, -0.2) is 4.39 Å². The zero-order chi connectivity index (χ0) is 14.7. The standard InChI is InChI=1S/C15H12Cl2FNO/c1-9(13-7-11(18)3-5-14(13)17)12-4-2-10(16)6-15(12)19-8-20/h2-9H,1H3,(H,19,20). The molecule has 0 spiro atoms. The first kappa shape index (κ1) is 14.8. The lowest BCUT2D eigenvalue weighted by Crippen LogP contribution is -2.04. The first-order valence-electron chi connectivity index (χ1n) is 5.97. The van der Waals surface area contributed by atoms with Crippen molar-refractivity contribution in [2.24, 2.45) is 0 Å². The molecule has 1 N–H and O–H groups in total. The van der Waals surface area contributed by atoms with Crippen LogP contribution in [-0.4, -0.2) is 6.41 Å². The van der Waals surface area contributed by atoms with Crippen LogP contribution in [0.2, 0.25) is 10.0 Å². The highest BCUT2D eigenvalue weighted by atomic mass is 35.5. The highest BCUT2D eigenvalue weighted by Crippen LogP contribution is 2.35. The molecule has 0 aliphatic carbocycles. The van der Waals surface area contributed by atoms with Gasteiger partial charge in [0.25, 0.3) is 0 Å². The number of nitrogens with one attached hydrogen (secondary N) is 1. The molecule has 2 rings (SSSR count). The Hall–Kier alpha value is -1.58. The van der Waals surface area contributed by atoms with Crippen molar-refractivity contribution in [1.82, 2.24) is 0 Å². The first-order chi connectivity index (χ1) is 9.52. The van der Waals surface area contributed by atoms with Gasteiger partial charge in [0.15, 0.2) is 0 Å². The number of hydrogen-bond donors (Lipinski definition) is 1. The van der Waals surface area contributed by atoms with Gasteiger partial charge in [0.1, 0.15) is 5.82 Å². The number of hydrogen-bond acceptors (Lipinski definition) is 1. The summed E-state index contributed by atoms with van der Waals surface area (Å²) in [7, 11) is 0. The van der Waals surface area contributed by atoms with E-state index in [1.54, 1.807) is 18.2 Å². The molecule has 0 aromatic heterocycles. The van der Waals surface area contributed by atoms with Crippen molar-refractivity contribution >= 4 is 35.3 Å². The van der Waals surface area contributed by atoms with E-state index in [-0.39, 0.29) is 11.7 Å². The zero-order valence-corrected chi connectivity index (χ0v) is 12.2. The van der Waals surface area contributed by atoms with Crippen LogP contribution in [0, 0.1) is 5.82 Å². The topological polar surface area (TPSA) is 29.1 Å². The Morgan fingerprint density at radius 1 is 1.15 bits per heavy atom. The number of carbonyl (C=O) groups excluding carboxylic acids is 1. The van der Waals surface area contributed by atoms with Gasteiger partial charge in [-0.2, -0.15) is 0 Å². The lowest BCUT2D eigenvalue weighted by atomic mass is 9.91. The lowest BCUT2D eigenvalue weighted by molar-refractivity contribution is -0.105. The molecule has 0 fully saturated rings. The van der Waals surface area contributed by atoms with Crippen molar-refractivity contribution in [2.45, 2.75) is 12.8 Å². The molecule has 1 atom stereocenters. The van der Waals surface area contributed by atoms with Crippen molar-refractivity contribution in [3.8, 4) is 0 Å². The van der Waals surface area contributed by atoms with Gasteiger partial charge in [-0.1, -0.05) is 36.2 Å². The summed E-state index contributed by atoms with van der Waals surface area (Å²) in [6.45, 7) is 1.89. The lowest BCUT2D eigenvalue weighted by Gasteiger charge is -2.18. The number of carbonyl (C=O) groups is 1. The third-order valence-corrected chi connectivity index (χ3v) is 3.70. The second-order valence-corrected chi connectivity index (χ2v) is 5.22. The molecule has 2 aromatic rings. The van der Waals surface area contributed by atoms with Gasteiger partial charge >= 0.3 is 0 Å². The Bertz CT molecular complexity index is 646. The predicted octanol–water partition coefficient (Wildman–Crippen LogP) is 4.85. The summed E-state index contributed by atoms with van der Waals surface area (Å²) < 4.78 is 13.4. The average molecular weight is 312 g/mol. The molecule has 2 nitrogen and oxygen atoms in total. The SMILES string of the molecule is CC(c1cc(F)ccc1Cl)c1ccc(Cl)cc1NC=O. The molecule has 0 heterocycles. The minimum atomic E-state index is -0.352. The summed E-state index contributed by atoms with van der Waals surface area (Å²) in [6.07, 6.45) is 0.578. The molecule has 20 heavy (non-hydrogen) atoms. The fourth-order valence-corrected chi connectivity index (χ4v) is 2.56. The van der Waals surface area contributed by atoms with E-state index in [0.29, 0.717) is 27.7 Å². The van der Waals surface area contributed by atoms with Crippen LogP contribution < -0.4 is 5.32 Å². The minimum absolute atomic E-state index is 0.182. The smallest absolute Gasteiger partial charge is 0.211 e. The van der Waals surface area contributed by atoms with Crippen LogP contribution in [0.1, 0.15) is 24.0 Å². The molecule has 0 bridgehead atoms. The summed E-state index contributed by atoms with van der Waals surface area (Å²) in [5.74, 6) is -0.534. The molecule has 104 valence electrons. The maximum absolute atomic E-state index is 13.4. The van der Waals surface area contributed by atoms with E-state index in [2.05, 4.69) is 5.32 Å². The van der Waals surface area contributed by atoms with Crippen LogP contribution in [0.3, 0.4) is 0 Å². The molecule has 0 saturated carbocycles. The summed E-state index contributed by atoms with van der Waals surface area (Å²) >= 11 is 12.0. The third kappa shape index (κ3) is 3.11. The van der Waals surface area contributed by atoms with Gasteiger partial charge in [0.05, 0.1) is 0 Å². The van der Waals surface area contributed by atoms with Gasteiger partial charge in [0.2, 0.25) is 6.41 Å². The fraction of sp³-hybridized carbons (Fsp3) is 0.133. The predicted molar refractivity (Wildman–Crippen MR) is 80.1 cm³/mol. The average Bonchev–Trinajstić information content (AvgIpc) is 2.41. The van der Waals surface area contributed by atoms with Crippen molar-refractivity contribution in [1.29, 1.82) is 0 Å². The van der Waals surface area contributed by atoms with Gasteiger partial charge in [-0.3, -0.25) is 4.79 Å². The van der Waals surface area contributed by atoms with Crippen LogP contribution in [0.5, 0.6) is 0 Å². The summed E-state index contributed by atoms with van der Waals surface area (Å²) in [5.41, 5.74) is 2.05. The number of benzene rings is 2. The monoisotopic (exact) mass is 311 g/mol. The Kier molecular flexibility index (Phi) is 4.63. The summed E-state index contributed by atoms with van der Waals surface area (Å²) in [5, 5.41) is 3.59. The molecule has 0 radical (unpaired) electrons. The maximum atomic E-state index is 13.4. The molecule has 2 aromatic carbocycles. The summed E-state index contributed by atoms with van der Waals surface area (Å²) in [6, 6.07) is 9.38. The second kappa shape index (κ2) is 6.25. The van der Waals surface area contributed by atoms with Crippen LogP contribution in [0.4, 0.5) is 10.1 Å². The normalized spacial score (nSPS) is 12.0. The van der Waals surface area contributed by atoms with Gasteiger partial charge < -0.3 is 5.32 Å². The number of anilines is 1. The van der Waals surface area contributed by atoms with Crippen LogP contribution in [0.25, 0.3) is 0 Å². The van der Waals surface area contributed by atoms with Crippen molar-refractivity contribution in [2.75, 3.05) is 5.32 Å². The van der Waals surface area contributed by atoms with Crippen molar-refractivity contribution < 1.29 is 9.18 Å². The van der Waals surface area contributed by atoms with Gasteiger partial charge in [-0.15, -0.1) is 0 Å². The molecular formula is C15H12Cl2FNO. The third-order valence-electron chi connectivity index (χ3n) is 3.12. The van der Waals surface area contributed by atoms with Crippen LogP contribution in [-0.2, 0) is 4.79 Å². The van der Waals surface area contributed by atoms with Crippen LogP contribution in [0.15, 0.2) is 36.4 Å². The van der Waals surface area contributed by atoms with Crippen molar-refractivity contribution in [3.05, 3.63) is 63.4 Å². The van der Waals surface area contributed by atoms with E-state index in [9.17, 15) is 9.18 Å². The minimum Gasteiger partial charge on any atom is -0.328 e. The molecule has 0 saturated heterocycles. The highest BCUT2D eigenvalue weighted by Gasteiger charge is 2.16. The molecule has 0 aliphatic heterocycles. The van der Waals surface area contributed by atoms with Crippen LogP contribution >= 0.6 is 23.2 Å². The quantitative estimate of drug-likeness (QED) is 0.803. The van der Waals surface area contributed by atoms with E-state index >= 15 is 0 Å². The number of amides is 1. The first-order valence-corrected chi connectivity index (χ1v) is 6.73. The van der Waals surface area contributed by atoms with Gasteiger partial charge in [-0.05, 0) is 41.5 Å². The highest BCUT2D eigenvalue weighted by molar-refractivity contribution is 6.31. The van der Waals surface area contributed by atoms with E-state index in [1.807, 2.05) is 6.92 Å². The Balaban J connectivity index is 2.49. The second-order valence-electron chi connectivity index (χ2n) is 4.38. The maximum Gasteiger partial charge on any atom is 0.211 e. The van der Waals surface area contributed by atoms with Gasteiger partial charge in [0, 0.05) is 21.7 Å².